The van der Waals surface area contributed by atoms with Gasteiger partial charge in [-0.25, -0.2) is 0 Å². The molecule has 1 atom stereocenters. The molecule has 3 aromatic rings. The number of hydrogen-bond acceptors (Lipinski definition) is 5. The van der Waals surface area contributed by atoms with Crippen LogP contribution in [-0.4, -0.2) is 52.8 Å². The molecular weight excluding hydrogens is 446 g/mol. The maximum absolute atomic E-state index is 12.6. The van der Waals surface area contributed by atoms with Crippen molar-refractivity contribution in [2.24, 2.45) is 0 Å². The third-order valence-corrected chi connectivity index (χ3v) is 5.78. The number of aromatic amines is 1. The number of halogens is 1. The normalized spacial score (nSPS) is 12.0. The molecule has 0 saturated heterocycles. The van der Waals surface area contributed by atoms with Crippen molar-refractivity contribution in [1.29, 1.82) is 0 Å². The standard InChI is InChI=1S/C23H28ClN5O2S/c1-4-31-17-11-9-16(10-12-17)22-26-27-23(32)29(22)14-13-21(30)25-15-20(28(2)3)18-7-5-6-8-19(18)24/h5-12,20H,4,13-15H2,1-3H3,(H,25,30)(H,27,32). The van der Waals surface area contributed by atoms with Crippen molar-refractivity contribution in [3.63, 3.8) is 0 Å². The summed E-state index contributed by atoms with van der Waals surface area (Å²) in [5.74, 6) is 1.42. The highest BCUT2D eigenvalue weighted by molar-refractivity contribution is 7.71. The summed E-state index contributed by atoms with van der Waals surface area (Å²) in [7, 11) is 3.93. The van der Waals surface area contributed by atoms with Crippen LogP contribution >= 0.6 is 23.8 Å². The topological polar surface area (TPSA) is 75.2 Å². The van der Waals surface area contributed by atoms with Crippen molar-refractivity contribution in [1.82, 2.24) is 25.0 Å². The second-order valence-electron chi connectivity index (χ2n) is 7.52. The fourth-order valence-corrected chi connectivity index (χ4v) is 3.93. The third kappa shape index (κ3) is 5.97. The first-order valence-electron chi connectivity index (χ1n) is 10.5. The molecule has 1 amide bonds. The zero-order valence-corrected chi connectivity index (χ0v) is 20.0. The molecule has 9 heteroatoms. The Labute approximate surface area is 198 Å². The van der Waals surface area contributed by atoms with E-state index in [0.717, 1.165) is 16.9 Å². The quantitative estimate of drug-likeness (QED) is 0.425. The van der Waals surface area contributed by atoms with Gasteiger partial charge in [-0.05, 0) is 69.1 Å². The Morgan fingerprint density at radius 2 is 1.97 bits per heavy atom. The molecule has 0 saturated carbocycles. The van der Waals surface area contributed by atoms with E-state index in [4.69, 9.17) is 28.6 Å². The number of H-pyrrole nitrogens is 1. The number of benzene rings is 2. The molecule has 0 radical (unpaired) electrons. The summed E-state index contributed by atoms with van der Waals surface area (Å²) in [5.41, 5.74) is 1.88. The number of carbonyl (C=O) groups excluding carboxylic acids is 1. The minimum Gasteiger partial charge on any atom is -0.494 e. The summed E-state index contributed by atoms with van der Waals surface area (Å²) >= 11 is 11.7. The number of nitrogens with zero attached hydrogens (tertiary/aromatic N) is 3. The van der Waals surface area contributed by atoms with Crippen LogP contribution in [0.2, 0.25) is 5.02 Å². The first kappa shape index (κ1) is 24.0. The number of amides is 1. The number of likely N-dealkylation sites (N-methyl/N-ethyl adjacent to an activating group) is 1. The lowest BCUT2D eigenvalue weighted by Crippen LogP contribution is -2.35. The predicted octanol–water partition coefficient (Wildman–Crippen LogP) is 4.47. The predicted molar refractivity (Wildman–Crippen MR) is 130 cm³/mol. The summed E-state index contributed by atoms with van der Waals surface area (Å²) in [6, 6.07) is 15.3. The number of nitrogens with one attached hydrogen (secondary N) is 2. The monoisotopic (exact) mass is 473 g/mol. The van der Waals surface area contributed by atoms with Gasteiger partial charge in [-0.3, -0.25) is 14.5 Å². The van der Waals surface area contributed by atoms with Gasteiger partial charge < -0.3 is 15.0 Å². The third-order valence-electron chi connectivity index (χ3n) is 5.12. The van der Waals surface area contributed by atoms with Crippen LogP contribution in [-0.2, 0) is 11.3 Å². The Bertz CT molecular complexity index is 1090. The van der Waals surface area contributed by atoms with Crippen LogP contribution in [0.1, 0.15) is 24.9 Å². The van der Waals surface area contributed by atoms with Crippen LogP contribution in [0, 0.1) is 4.77 Å². The van der Waals surface area contributed by atoms with Crippen molar-refractivity contribution >= 4 is 29.7 Å². The Balaban J connectivity index is 1.63. The second kappa shape index (κ2) is 11.3. The van der Waals surface area contributed by atoms with E-state index in [1.54, 1.807) is 0 Å². The van der Waals surface area contributed by atoms with E-state index < -0.39 is 0 Å². The molecule has 0 spiro atoms. The maximum atomic E-state index is 12.6. The van der Waals surface area contributed by atoms with Crippen LogP contribution in [0.3, 0.4) is 0 Å². The molecule has 0 bridgehead atoms. The molecule has 1 heterocycles. The highest BCUT2D eigenvalue weighted by Gasteiger charge is 2.18. The van der Waals surface area contributed by atoms with Gasteiger partial charge >= 0.3 is 0 Å². The van der Waals surface area contributed by atoms with E-state index in [0.29, 0.717) is 35.3 Å². The minimum atomic E-state index is -0.0651. The minimum absolute atomic E-state index is 0.0249. The maximum Gasteiger partial charge on any atom is 0.221 e. The van der Waals surface area contributed by atoms with Crippen LogP contribution in [0.25, 0.3) is 11.4 Å². The van der Waals surface area contributed by atoms with Crippen molar-refractivity contribution in [3.8, 4) is 17.1 Å². The molecule has 0 aliphatic heterocycles. The van der Waals surface area contributed by atoms with Crippen LogP contribution in [0.4, 0.5) is 0 Å². The summed E-state index contributed by atoms with van der Waals surface area (Å²) in [5, 5.41) is 10.9. The van der Waals surface area contributed by atoms with Gasteiger partial charge in [0, 0.05) is 30.1 Å². The van der Waals surface area contributed by atoms with E-state index in [1.165, 1.54) is 0 Å². The molecular formula is C23H28ClN5O2S. The van der Waals surface area contributed by atoms with Crippen molar-refractivity contribution < 1.29 is 9.53 Å². The van der Waals surface area contributed by atoms with Gasteiger partial charge in [0.05, 0.1) is 12.6 Å². The summed E-state index contributed by atoms with van der Waals surface area (Å²) in [4.78, 5) is 14.6. The molecule has 170 valence electrons. The van der Waals surface area contributed by atoms with Crippen molar-refractivity contribution in [2.75, 3.05) is 27.2 Å². The fraction of sp³-hybridized carbons (Fsp3) is 0.348. The van der Waals surface area contributed by atoms with Gasteiger partial charge in [0.2, 0.25) is 5.91 Å². The Hall–Kier alpha value is -2.68. The molecule has 2 N–H and O–H groups in total. The molecule has 0 aliphatic rings. The van der Waals surface area contributed by atoms with Gasteiger partial charge in [-0.15, -0.1) is 0 Å². The number of rotatable bonds is 10. The zero-order chi connectivity index (χ0) is 23.1. The van der Waals surface area contributed by atoms with Gasteiger partial charge in [-0.1, -0.05) is 29.8 Å². The van der Waals surface area contributed by atoms with Crippen LogP contribution < -0.4 is 10.1 Å². The SMILES string of the molecule is CCOc1ccc(-c2n[nH]c(=S)n2CCC(=O)NCC(c2ccccc2Cl)N(C)C)cc1. The second-order valence-corrected chi connectivity index (χ2v) is 8.31. The molecule has 0 fully saturated rings. The number of aromatic nitrogens is 3. The number of ether oxygens (including phenoxy) is 1. The molecule has 0 aliphatic carbocycles. The van der Waals surface area contributed by atoms with Crippen molar-refractivity contribution in [3.05, 3.63) is 63.9 Å². The molecule has 3 rings (SSSR count). The van der Waals surface area contributed by atoms with Gasteiger partial charge in [0.15, 0.2) is 10.6 Å². The smallest absolute Gasteiger partial charge is 0.221 e. The average molecular weight is 474 g/mol. The first-order valence-corrected chi connectivity index (χ1v) is 11.2. The molecule has 32 heavy (non-hydrogen) atoms. The molecule has 2 aromatic carbocycles. The highest BCUT2D eigenvalue weighted by Crippen LogP contribution is 2.25. The van der Waals surface area contributed by atoms with E-state index in [1.807, 2.05) is 79.0 Å². The van der Waals surface area contributed by atoms with E-state index in [2.05, 4.69) is 15.5 Å². The average Bonchev–Trinajstić information content (AvgIpc) is 3.14. The highest BCUT2D eigenvalue weighted by atomic mass is 35.5. The Morgan fingerprint density at radius 1 is 1.25 bits per heavy atom. The Morgan fingerprint density at radius 3 is 2.62 bits per heavy atom. The Kier molecular flexibility index (Phi) is 8.44. The lowest BCUT2D eigenvalue weighted by molar-refractivity contribution is -0.121. The van der Waals surface area contributed by atoms with Gasteiger partial charge in [-0.2, -0.15) is 5.10 Å². The molecule has 7 nitrogen and oxygen atoms in total. The fourth-order valence-electron chi connectivity index (χ4n) is 3.44. The summed E-state index contributed by atoms with van der Waals surface area (Å²) in [6.45, 7) is 3.43. The molecule has 1 unspecified atom stereocenters. The zero-order valence-electron chi connectivity index (χ0n) is 18.5. The molecule has 1 aromatic heterocycles. The summed E-state index contributed by atoms with van der Waals surface area (Å²) in [6.07, 6.45) is 0.278. The number of hydrogen-bond donors (Lipinski definition) is 2. The number of carbonyl (C=O) groups is 1. The van der Waals surface area contributed by atoms with Gasteiger partial charge in [0.1, 0.15) is 5.75 Å². The van der Waals surface area contributed by atoms with Gasteiger partial charge in [0.25, 0.3) is 0 Å². The largest absolute Gasteiger partial charge is 0.494 e. The van der Waals surface area contributed by atoms with Crippen LogP contribution in [0.15, 0.2) is 48.5 Å². The van der Waals surface area contributed by atoms with Crippen LogP contribution in [0.5, 0.6) is 5.75 Å². The van der Waals surface area contributed by atoms with E-state index in [9.17, 15) is 4.79 Å². The van der Waals surface area contributed by atoms with E-state index >= 15 is 0 Å². The summed E-state index contributed by atoms with van der Waals surface area (Å²) < 4.78 is 7.80. The first-order chi connectivity index (χ1) is 15.4. The van der Waals surface area contributed by atoms with E-state index in [-0.39, 0.29) is 18.4 Å². The lowest BCUT2D eigenvalue weighted by atomic mass is 10.1. The van der Waals surface area contributed by atoms with Crippen molar-refractivity contribution in [2.45, 2.75) is 25.9 Å². The lowest BCUT2D eigenvalue weighted by Gasteiger charge is -2.26.